The molecule has 3 heterocycles. The fourth-order valence-corrected chi connectivity index (χ4v) is 6.09. The quantitative estimate of drug-likeness (QED) is 0.277. The summed E-state index contributed by atoms with van der Waals surface area (Å²) in [5.41, 5.74) is 1.47. The SMILES string of the molecule is [2H]C([2H])(O)C([2H])([2H])O[C@H]1C[C@@H](n2nnc3c(N[C@@H]4C[C@H]4c4ccc(F)c(F)c4)nc(SCCC)nc32)[C@@H]2OC(C)(C)O[C@@H]21. The zero-order valence-electron chi connectivity index (χ0n) is 25.6. The molecule has 2 saturated carbocycles. The van der Waals surface area contributed by atoms with Crippen LogP contribution < -0.4 is 5.32 Å². The van der Waals surface area contributed by atoms with Gasteiger partial charge in [-0.05, 0) is 44.4 Å². The Balaban J connectivity index is 1.32. The summed E-state index contributed by atoms with van der Waals surface area (Å²) in [6, 6.07) is 3.24. The van der Waals surface area contributed by atoms with Crippen molar-refractivity contribution in [3.8, 4) is 0 Å². The number of nitrogens with zero attached hydrogens (tertiary/aromatic N) is 5. The molecule has 3 aliphatic rings. The smallest absolute Gasteiger partial charge is 0.191 e. The predicted molar refractivity (Wildman–Crippen MR) is 140 cm³/mol. The largest absolute Gasteiger partial charge is 0.394 e. The number of halogens is 2. The molecule has 1 aliphatic heterocycles. The summed E-state index contributed by atoms with van der Waals surface area (Å²) in [5.74, 6) is -1.66. The Hall–Kier alpha value is -2.45. The van der Waals surface area contributed by atoms with Gasteiger partial charge in [-0.1, -0.05) is 30.0 Å². The molecule has 6 atom stereocenters. The number of rotatable bonds is 10. The molecule has 0 spiro atoms. The van der Waals surface area contributed by atoms with Crippen molar-refractivity contribution < 1.29 is 33.6 Å². The average molecular weight is 567 g/mol. The van der Waals surface area contributed by atoms with Gasteiger partial charge >= 0.3 is 0 Å². The van der Waals surface area contributed by atoms with Crippen molar-refractivity contribution in [3.05, 3.63) is 35.4 Å². The van der Waals surface area contributed by atoms with Gasteiger partial charge in [0.15, 0.2) is 39.6 Å². The van der Waals surface area contributed by atoms with Crippen LogP contribution >= 0.6 is 11.8 Å². The minimum atomic E-state index is -3.25. The molecule has 13 heteroatoms. The van der Waals surface area contributed by atoms with E-state index in [1.54, 1.807) is 24.6 Å². The molecular weight excluding hydrogens is 530 g/mol. The highest BCUT2D eigenvalue weighted by molar-refractivity contribution is 7.99. The second-order valence-corrected chi connectivity index (χ2v) is 11.5. The Morgan fingerprint density at radius 2 is 2.05 bits per heavy atom. The number of nitrogens with one attached hydrogen (secondary N) is 1. The fourth-order valence-electron chi connectivity index (χ4n) is 5.40. The molecule has 0 amide bonds. The van der Waals surface area contributed by atoms with Crippen molar-refractivity contribution in [1.82, 2.24) is 25.0 Å². The lowest BCUT2D eigenvalue weighted by Gasteiger charge is -2.23. The standard InChI is InChI=1S/C26H32F2N6O4S/c1-4-9-39-25-30-23(29-17-11-14(17)13-5-6-15(27)16(28)10-13)20-24(31-25)34(33-32-20)18-12-19(36-8-7-35)22-21(18)37-26(2,3)38-22/h5-6,10,14,17-19,21-22,35H,4,7-9,11-12H2,1-3H3,(H,29,30,31)/t14-,17+,18+,19-,21-,22+/m0/s1/i7D2,8D2. The van der Waals surface area contributed by atoms with Gasteiger partial charge in [-0.25, -0.2) is 23.4 Å². The third kappa shape index (κ3) is 5.22. The van der Waals surface area contributed by atoms with Crippen LogP contribution in [-0.2, 0) is 14.2 Å². The maximum atomic E-state index is 13.8. The topological polar surface area (TPSA) is 116 Å². The van der Waals surface area contributed by atoms with E-state index in [9.17, 15) is 13.9 Å². The molecule has 0 bridgehead atoms. The molecule has 39 heavy (non-hydrogen) atoms. The van der Waals surface area contributed by atoms with Crippen molar-refractivity contribution >= 4 is 28.7 Å². The first-order valence-electron chi connectivity index (χ1n) is 14.9. The first-order valence-corrected chi connectivity index (χ1v) is 13.9. The molecule has 6 rings (SSSR count). The highest BCUT2D eigenvalue weighted by Gasteiger charge is 2.56. The lowest BCUT2D eigenvalue weighted by atomic mass is 10.1. The van der Waals surface area contributed by atoms with Crippen LogP contribution in [0, 0.1) is 11.6 Å². The van der Waals surface area contributed by atoms with E-state index in [1.807, 2.05) is 6.92 Å². The lowest BCUT2D eigenvalue weighted by molar-refractivity contribution is -0.171. The second kappa shape index (κ2) is 10.5. The Morgan fingerprint density at radius 1 is 1.23 bits per heavy atom. The summed E-state index contributed by atoms with van der Waals surface area (Å²) in [7, 11) is 0. The minimum absolute atomic E-state index is 0.0376. The van der Waals surface area contributed by atoms with E-state index in [0.29, 0.717) is 34.1 Å². The average Bonchev–Trinajstić information content (AvgIpc) is 3.26. The monoisotopic (exact) mass is 566 g/mol. The van der Waals surface area contributed by atoms with E-state index >= 15 is 0 Å². The van der Waals surface area contributed by atoms with Crippen LogP contribution in [0.25, 0.3) is 11.2 Å². The van der Waals surface area contributed by atoms with Crippen molar-refractivity contribution in [3.63, 3.8) is 0 Å². The third-order valence-electron chi connectivity index (χ3n) is 7.18. The summed E-state index contributed by atoms with van der Waals surface area (Å²) < 4.78 is 77.5. The number of fused-ring (bicyclic) bond motifs is 2. The lowest BCUT2D eigenvalue weighted by Crippen LogP contribution is -2.31. The zero-order chi connectivity index (χ0) is 30.9. The number of thioether (sulfide) groups is 1. The van der Waals surface area contributed by atoms with E-state index < -0.39 is 54.9 Å². The van der Waals surface area contributed by atoms with Crippen molar-refractivity contribution in [2.75, 3.05) is 24.2 Å². The number of benzene rings is 1. The molecule has 2 aliphatic carbocycles. The van der Waals surface area contributed by atoms with Gasteiger partial charge in [-0.15, -0.1) is 5.10 Å². The van der Waals surface area contributed by atoms with Crippen LogP contribution in [0.3, 0.4) is 0 Å². The molecule has 0 radical (unpaired) electrons. The normalized spacial score (nSPS) is 31.4. The number of anilines is 1. The highest BCUT2D eigenvalue weighted by atomic mass is 32.2. The molecule has 210 valence electrons. The molecule has 0 unspecified atom stereocenters. The Labute approximate surface area is 234 Å². The van der Waals surface area contributed by atoms with Gasteiger partial charge in [0.05, 0.1) is 30.7 Å². The summed E-state index contributed by atoms with van der Waals surface area (Å²) in [4.78, 5) is 9.43. The first-order chi connectivity index (χ1) is 20.2. The van der Waals surface area contributed by atoms with Crippen LogP contribution in [-0.4, -0.2) is 79.1 Å². The van der Waals surface area contributed by atoms with Gasteiger partial charge in [0.2, 0.25) is 0 Å². The maximum Gasteiger partial charge on any atom is 0.191 e. The molecule has 3 fully saturated rings. The van der Waals surface area contributed by atoms with Crippen LogP contribution in [0.2, 0.25) is 0 Å². The molecular formula is C26H32F2N6O4S. The van der Waals surface area contributed by atoms with Crippen LogP contribution in [0.5, 0.6) is 0 Å². The van der Waals surface area contributed by atoms with Gasteiger partial charge < -0.3 is 24.6 Å². The van der Waals surface area contributed by atoms with Crippen molar-refractivity contribution in [1.29, 1.82) is 0 Å². The number of aliphatic hydroxyl groups is 1. The number of hydrogen-bond acceptors (Lipinski definition) is 10. The molecule has 3 aromatic rings. The van der Waals surface area contributed by atoms with Gasteiger partial charge in [-0.3, -0.25) is 0 Å². The zero-order valence-corrected chi connectivity index (χ0v) is 22.4. The Kier molecular flexibility index (Phi) is 6.00. The van der Waals surface area contributed by atoms with Crippen LogP contribution in [0.1, 0.15) is 63.0 Å². The highest BCUT2D eigenvalue weighted by Crippen LogP contribution is 2.46. The van der Waals surface area contributed by atoms with Crippen LogP contribution in [0.15, 0.2) is 23.4 Å². The van der Waals surface area contributed by atoms with Gasteiger partial charge in [0.1, 0.15) is 12.2 Å². The molecule has 10 nitrogen and oxygen atoms in total. The Bertz CT molecular complexity index is 1530. The number of ether oxygens (including phenoxy) is 3. The van der Waals surface area contributed by atoms with E-state index in [4.69, 9.17) is 24.7 Å². The summed E-state index contributed by atoms with van der Waals surface area (Å²) in [5, 5.41) is 22.4. The molecule has 2 N–H and O–H groups in total. The fraction of sp³-hybridized carbons (Fsp3) is 0.615. The van der Waals surface area contributed by atoms with E-state index in [-0.39, 0.29) is 18.4 Å². The molecule has 1 aromatic carbocycles. The van der Waals surface area contributed by atoms with Crippen LogP contribution in [0.4, 0.5) is 14.6 Å². The second-order valence-electron chi connectivity index (χ2n) is 10.4. The van der Waals surface area contributed by atoms with Gasteiger partial charge in [0, 0.05) is 24.1 Å². The minimum Gasteiger partial charge on any atom is -0.394 e. The van der Waals surface area contributed by atoms with Crippen molar-refractivity contribution in [2.45, 2.75) is 87.3 Å². The number of aromatic nitrogens is 5. The maximum absolute atomic E-state index is 13.8. The first kappa shape index (κ1) is 22.3. The summed E-state index contributed by atoms with van der Waals surface area (Å²) in [6.07, 6.45) is -0.736. The van der Waals surface area contributed by atoms with E-state index in [1.165, 1.54) is 17.8 Å². The number of hydrogen-bond donors (Lipinski definition) is 2. The van der Waals surface area contributed by atoms with Gasteiger partial charge in [-0.2, -0.15) is 0 Å². The molecule has 2 aromatic heterocycles. The van der Waals surface area contributed by atoms with Gasteiger partial charge in [0.25, 0.3) is 0 Å². The third-order valence-corrected chi connectivity index (χ3v) is 8.23. The van der Waals surface area contributed by atoms with E-state index in [2.05, 4.69) is 20.6 Å². The van der Waals surface area contributed by atoms with Crippen molar-refractivity contribution in [2.24, 2.45) is 0 Å². The Morgan fingerprint density at radius 3 is 2.82 bits per heavy atom. The summed E-state index contributed by atoms with van der Waals surface area (Å²) in [6.45, 7) is -0.814. The summed E-state index contributed by atoms with van der Waals surface area (Å²) >= 11 is 1.46. The van der Waals surface area contributed by atoms with E-state index in [0.717, 1.165) is 18.2 Å². The molecule has 1 saturated heterocycles. The predicted octanol–water partition coefficient (Wildman–Crippen LogP) is 3.81.